The summed E-state index contributed by atoms with van der Waals surface area (Å²) in [7, 11) is -3.66. The Hall–Kier alpha value is -1.83. The van der Waals surface area contributed by atoms with Gasteiger partial charge in [-0.1, -0.05) is 103 Å². The van der Waals surface area contributed by atoms with Gasteiger partial charge in [-0.15, -0.1) is 0 Å². The maximum atomic E-state index is 12.2. The SMILES string of the molecule is CCCCCCCCCCCCCCCCCCS(=O)(=O)Nc1ccc(O)cc1[N+](=O)[O-]. The third kappa shape index (κ3) is 13.6. The highest BCUT2D eigenvalue weighted by Crippen LogP contribution is 2.29. The highest BCUT2D eigenvalue weighted by Gasteiger charge is 2.19. The first-order valence-corrected chi connectivity index (χ1v) is 14.0. The number of phenolic OH excluding ortho intramolecular Hbond substituents is 1. The van der Waals surface area contributed by atoms with Gasteiger partial charge >= 0.3 is 0 Å². The summed E-state index contributed by atoms with van der Waals surface area (Å²) in [5.74, 6) is -0.346. The zero-order valence-electron chi connectivity index (χ0n) is 19.7. The standard InChI is InChI=1S/C24H42N2O5S/c1-2-3-4-5-6-7-8-9-10-11-12-13-14-15-16-17-20-32(30,31)25-23-19-18-22(27)21-24(23)26(28)29/h18-19,21,25,27H,2-17,20H2,1H3. The summed E-state index contributed by atoms with van der Waals surface area (Å²) in [6, 6.07) is 3.37. The van der Waals surface area contributed by atoms with Crippen LogP contribution in [0.25, 0.3) is 0 Å². The van der Waals surface area contributed by atoms with Crippen LogP contribution in [0.3, 0.4) is 0 Å². The van der Waals surface area contributed by atoms with Crippen LogP contribution >= 0.6 is 0 Å². The van der Waals surface area contributed by atoms with Crippen molar-refractivity contribution in [1.29, 1.82) is 0 Å². The largest absolute Gasteiger partial charge is 0.508 e. The molecule has 0 bridgehead atoms. The summed E-state index contributed by atoms with van der Waals surface area (Å²) >= 11 is 0. The van der Waals surface area contributed by atoms with E-state index in [1.807, 2.05) is 0 Å². The van der Waals surface area contributed by atoms with Gasteiger partial charge in [0.05, 0.1) is 16.7 Å². The van der Waals surface area contributed by atoms with Crippen LogP contribution in [-0.2, 0) is 10.0 Å². The van der Waals surface area contributed by atoms with E-state index in [4.69, 9.17) is 0 Å². The fourth-order valence-electron chi connectivity index (χ4n) is 3.82. The molecule has 0 spiro atoms. The lowest BCUT2D eigenvalue weighted by atomic mass is 10.0. The topological polar surface area (TPSA) is 110 Å². The number of aromatic hydroxyl groups is 1. The Morgan fingerprint density at radius 2 is 1.25 bits per heavy atom. The maximum Gasteiger partial charge on any atom is 0.296 e. The van der Waals surface area contributed by atoms with Gasteiger partial charge in [0.1, 0.15) is 11.4 Å². The molecule has 2 N–H and O–H groups in total. The molecule has 0 amide bonds. The quantitative estimate of drug-likeness (QED) is 0.0898. The second kappa shape index (κ2) is 16.8. The highest BCUT2D eigenvalue weighted by atomic mass is 32.2. The predicted molar refractivity (Wildman–Crippen MR) is 132 cm³/mol. The van der Waals surface area contributed by atoms with Gasteiger partial charge in [-0.2, -0.15) is 0 Å². The Labute approximate surface area is 194 Å². The van der Waals surface area contributed by atoms with Crippen LogP contribution in [0.2, 0.25) is 0 Å². The Balaban J connectivity index is 2.04. The molecule has 0 saturated heterocycles. The number of hydrogen-bond donors (Lipinski definition) is 2. The molecule has 7 nitrogen and oxygen atoms in total. The molecule has 184 valence electrons. The van der Waals surface area contributed by atoms with E-state index in [-0.39, 0.29) is 17.2 Å². The van der Waals surface area contributed by atoms with E-state index in [9.17, 15) is 23.6 Å². The van der Waals surface area contributed by atoms with Gasteiger partial charge < -0.3 is 5.11 Å². The minimum Gasteiger partial charge on any atom is -0.508 e. The van der Waals surface area contributed by atoms with Crippen LogP contribution in [0.5, 0.6) is 5.75 Å². The third-order valence-corrected chi connectivity index (χ3v) is 7.07. The number of anilines is 1. The van der Waals surface area contributed by atoms with Gasteiger partial charge in [0, 0.05) is 0 Å². The van der Waals surface area contributed by atoms with E-state index in [0.717, 1.165) is 25.3 Å². The highest BCUT2D eigenvalue weighted by molar-refractivity contribution is 7.92. The van der Waals surface area contributed by atoms with Gasteiger partial charge in [-0.3, -0.25) is 14.8 Å². The molecule has 0 fully saturated rings. The lowest BCUT2D eigenvalue weighted by Gasteiger charge is -2.09. The fraction of sp³-hybridized carbons (Fsp3) is 0.750. The predicted octanol–water partition coefficient (Wildman–Crippen LogP) is 7.30. The molecular formula is C24H42N2O5S. The maximum absolute atomic E-state index is 12.2. The summed E-state index contributed by atoms with van der Waals surface area (Å²) in [5.41, 5.74) is -0.579. The number of nitrogens with zero attached hydrogens (tertiary/aromatic N) is 1. The Kier molecular flexibility index (Phi) is 14.8. The van der Waals surface area contributed by atoms with Crippen molar-refractivity contribution in [2.75, 3.05) is 10.5 Å². The molecule has 8 heteroatoms. The van der Waals surface area contributed by atoms with Gasteiger partial charge in [0.2, 0.25) is 10.0 Å². The number of hydrogen-bond acceptors (Lipinski definition) is 5. The smallest absolute Gasteiger partial charge is 0.296 e. The number of sulfonamides is 1. The number of unbranched alkanes of at least 4 members (excludes halogenated alkanes) is 15. The first-order valence-electron chi connectivity index (χ1n) is 12.3. The van der Waals surface area contributed by atoms with Gasteiger partial charge in [-0.05, 0) is 18.6 Å². The first-order chi connectivity index (χ1) is 15.4. The molecule has 0 radical (unpaired) electrons. The van der Waals surface area contributed by atoms with Crippen molar-refractivity contribution in [1.82, 2.24) is 0 Å². The molecule has 0 aliphatic carbocycles. The molecule has 1 aromatic rings. The monoisotopic (exact) mass is 470 g/mol. The summed E-state index contributed by atoms with van der Waals surface area (Å²) < 4.78 is 26.7. The first kappa shape index (κ1) is 28.2. The second-order valence-electron chi connectivity index (χ2n) is 8.68. The molecule has 0 aliphatic rings. The molecule has 0 heterocycles. The van der Waals surface area contributed by atoms with Crippen molar-refractivity contribution in [3.8, 4) is 5.75 Å². The molecule has 1 rings (SSSR count). The number of nitrogens with one attached hydrogen (secondary N) is 1. The van der Waals surface area contributed by atoms with E-state index >= 15 is 0 Å². The second-order valence-corrected chi connectivity index (χ2v) is 10.5. The Bertz CT molecular complexity index is 753. The number of benzene rings is 1. The van der Waals surface area contributed by atoms with E-state index in [1.54, 1.807) is 0 Å². The molecule has 0 saturated carbocycles. The summed E-state index contributed by atoms with van der Waals surface area (Å²) in [4.78, 5) is 10.3. The fourth-order valence-corrected chi connectivity index (χ4v) is 5.01. The summed E-state index contributed by atoms with van der Waals surface area (Å²) in [6.07, 6.45) is 19.5. The molecule has 0 aliphatic heterocycles. The van der Waals surface area contributed by atoms with E-state index in [0.29, 0.717) is 6.42 Å². The minimum absolute atomic E-state index is 0.0660. The van der Waals surface area contributed by atoms with Gasteiger partial charge in [-0.25, -0.2) is 8.42 Å². The lowest BCUT2D eigenvalue weighted by molar-refractivity contribution is -0.384. The average molecular weight is 471 g/mol. The normalized spacial score (nSPS) is 11.5. The molecule has 1 aromatic carbocycles. The van der Waals surface area contributed by atoms with Crippen LogP contribution in [0.15, 0.2) is 18.2 Å². The summed E-state index contributed by atoms with van der Waals surface area (Å²) in [6.45, 7) is 2.25. The molecule has 32 heavy (non-hydrogen) atoms. The number of rotatable bonds is 20. The Morgan fingerprint density at radius 1 is 0.812 bits per heavy atom. The van der Waals surface area contributed by atoms with Crippen LogP contribution in [0.4, 0.5) is 11.4 Å². The van der Waals surface area contributed by atoms with Crippen LogP contribution in [0, 0.1) is 10.1 Å². The van der Waals surface area contributed by atoms with Crippen molar-refractivity contribution in [2.45, 2.75) is 110 Å². The third-order valence-electron chi connectivity index (χ3n) is 5.71. The van der Waals surface area contributed by atoms with Crippen molar-refractivity contribution < 1.29 is 18.4 Å². The van der Waals surface area contributed by atoms with Crippen molar-refractivity contribution in [3.05, 3.63) is 28.3 Å². The van der Waals surface area contributed by atoms with Gasteiger partial charge in [0.25, 0.3) is 5.69 Å². The Morgan fingerprint density at radius 3 is 1.69 bits per heavy atom. The molecule has 0 atom stereocenters. The minimum atomic E-state index is -3.66. The van der Waals surface area contributed by atoms with E-state index < -0.39 is 20.6 Å². The van der Waals surface area contributed by atoms with E-state index in [2.05, 4.69) is 11.6 Å². The van der Waals surface area contributed by atoms with E-state index in [1.165, 1.54) is 89.2 Å². The van der Waals surface area contributed by atoms with Gasteiger partial charge in [0.15, 0.2) is 0 Å². The zero-order chi connectivity index (χ0) is 23.7. The van der Waals surface area contributed by atoms with Crippen molar-refractivity contribution in [2.24, 2.45) is 0 Å². The van der Waals surface area contributed by atoms with Crippen LogP contribution in [0.1, 0.15) is 110 Å². The summed E-state index contributed by atoms with van der Waals surface area (Å²) in [5, 5.41) is 20.4. The van der Waals surface area contributed by atoms with Crippen molar-refractivity contribution in [3.63, 3.8) is 0 Å². The molecule has 0 aromatic heterocycles. The van der Waals surface area contributed by atoms with Crippen LogP contribution in [-0.4, -0.2) is 24.2 Å². The van der Waals surface area contributed by atoms with Crippen molar-refractivity contribution >= 4 is 21.4 Å². The van der Waals surface area contributed by atoms with Crippen LogP contribution < -0.4 is 4.72 Å². The zero-order valence-corrected chi connectivity index (χ0v) is 20.5. The number of phenols is 1. The lowest BCUT2D eigenvalue weighted by Crippen LogP contribution is -2.17. The number of nitro groups is 1. The average Bonchev–Trinajstić information content (AvgIpc) is 2.74. The molecule has 0 unspecified atom stereocenters. The number of nitro benzene ring substituents is 1. The molecular weight excluding hydrogens is 428 g/mol.